The molecule has 0 unspecified atom stereocenters. The van der Waals surface area contributed by atoms with Crippen LogP contribution in [0.2, 0.25) is 0 Å². The standard InChI is InChI=1S/C15H20N4O3S/c1-11-15(12(2)18(3)17-11)23(20,21)19-8-13(9-19)10-22-14-5-4-6-16-7-14/h4-7,13H,8-10H2,1-3H3. The van der Waals surface area contributed by atoms with Crippen molar-refractivity contribution in [1.82, 2.24) is 19.1 Å². The highest BCUT2D eigenvalue weighted by molar-refractivity contribution is 7.89. The van der Waals surface area contributed by atoms with Crippen LogP contribution in [-0.4, -0.2) is 47.2 Å². The van der Waals surface area contributed by atoms with Gasteiger partial charge >= 0.3 is 0 Å². The van der Waals surface area contributed by atoms with Crippen LogP contribution in [0.25, 0.3) is 0 Å². The second-order valence-corrected chi connectivity index (χ2v) is 7.69. The van der Waals surface area contributed by atoms with Crippen molar-refractivity contribution in [3.05, 3.63) is 35.9 Å². The minimum absolute atomic E-state index is 0.197. The maximum atomic E-state index is 12.7. The van der Waals surface area contributed by atoms with Gasteiger partial charge in [-0.05, 0) is 26.0 Å². The second-order valence-electron chi connectivity index (χ2n) is 5.81. The van der Waals surface area contributed by atoms with Crippen LogP contribution in [0.1, 0.15) is 11.4 Å². The van der Waals surface area contributed by atoms with E-state index in [1.807, 2.05) is 6.07 Å². The summed E-state index contributed by atoms with van der Waals surface area (Å²) >= 11 is 0. The lowest BCUT2D eigenvalue weighted by Gasteiger charge is -2.37. The normalized spacial score (nSPS) is 16.3. The molecule has 23 heavy (non-hydrogen) atoms. The zero-order valence-electron chi connectivity index (χ0n) is 13.4. The fourth-order valence-electron chi connectivity index (χ4n) is 2.73. The lowest BCUT2D eigenvalue weighted by atomic mass is 10.1. The van der Waals surface area contributed by atoms with Crippen molar-refractivity contribution < 1.29 is 13.2 Å². The van der Waals surface area contributed by atoms with Crippen molar-refractivity contribution in [2.75, 3.05) is 19.7 Å². The molecule has 1 aliphatic heterocycles. The van der Waals surface area contributed by atoms with Gasteiger partial charge in [0.2, 0.25) is 10.0 Å². The summed E-state index contributed by atoms with van der Waals surface area (Å²) in [5.41, 5.74) is 1.21. The van der Waals surface area contributed by atoms with E-state index in [0.29, 0.717) is 41.7 Å². The average molecular weight is 336 g/mol. The smallest absolute Gasteiger partial charge is 0.246 e. The molecule has 0 atom stereocenters. The Balaban J connectivity index is 1.62. The van der Waals surface area contributed by atoms with Gasteiger partial charge in [0.05, 0.1) is 24.2 Å². The number of aromatic nitrogens is 3. The molecule has 0 N–H and O–H groups in total. The zero-order valence-corrected chi connectivity index (χ0v) is 14.2. The predicted octanol–water partition coefficient (Wildman–Crippen LogP) is 1.13. The highest BCUT2D eigenvalue weighted by Gasteiger charge is 2.39. The van der Waals surface area contributed by atoms with Gasteiger partial charge in [0.15, 0.2) is 0 Å². The van der Waals surface area contributed by atoms with Crippen molar-refractivity contribution in [3.63, 3.8) is 0 Å². The van der Waals surface area contributed by atoms with Crippen LogP contribution >= 0.6 is 0 Å². The number of aryl methyl sites for hydroxylation is 2. The van der Waals surface area contributed by atoms with Gasteiger partial charge in [-0.1, -0.05) is 0 Å². The fourth-order valence-corrected chi connectivity index (χ4v) is 4.72. The monoisotopic (exact) mass is 336 g/mol. The fraction of sp³-hybridized carbons (Fsp3) is 0.467. The average Bonchev–Trinajstić information content (AvgIpc) is 2.71. The lowest BCUT2D eigenvalue weighted by Crippen LogP contribution is -2.52. The van der Waals surface area contributed by atoms with E-state index in [1.54, 1.807) is 44.0 Å². The maximum Gasteiger partial charge on any atom is 0.246 e. The first-order valence-electron chi connectivity index (χ1n) is 7.42. The van der Waals surface area contributed by atoms with Crippen LogP contribution in [-0.2, 0) is 17.1 Å². The molecule has 1 fully saturated rings. The molecule has 8 heteroatoms. The third-order valence-corrected chi connectivity index (χ3v) is 6.17. The third kappa shape index (κ3) is 2.96. The SMILES string of the molecule is Cc1nn(C)c(C)c1S(=O)(=O)N1CC(COc2cccnc2)C1. The van der Waals surface area contributed by atoms with Crippen LogP contribution < -0.4 is 4.74 Å². The summed E-state index contributed by atoms with van der Waals surface area (Å²) in [7, 11) is -1.72. The first-order valence-corrected chi connectivity index (χ1v) is 8.86. The summed E-state index contributed by atoms with van der Waals surface area (Å²) in [6, 6.07) is 3.64. The summed E-state index contributed by atoms with van der Waals surface area (Å²) in [4.78, 5) is 4.31. The summed E-state index contributed by atoms with van der Waals surface area (Å²) in [6.07, 6.45) is 3.33. The Kier molecular flexibility index (Phi) is 4.11. The Labute approximate surface area is 135 Å². The van der Waals surface area contributed by atoms with E-state index in [-0.39, 0.29) is 5.92 Å². The van der Waals surface area contributed by atoms with E-state index in [2.05, 4.69) is 10.1 Å². The number of rotatable bonds is 5. The molecule has 3 rings (SSSR count). The Hall–Kier alpha value is -1.93. The first-order chi connectivity index (χ1) is 10.9. The summed E-state index contributed by atoms with van der Waals surface area (Å²) in [6.45, 7) is 4.92. The maximum absolute atomic E-state index is 12.7. The summed E-state index contributed by atoms with van der Waals surface area (Å²) < 4.78 is 34.1. The van der Waals surface area contributed by atoms with E-state index in [9.17, 15) is 8.42 Å². The first kappa shape index (κ1) is 15.9. The van der Waals surface area contributed by atoms with Gasteiger partial charge in [-0.25, -0.2) is 8.42 Å². The molecule has 0 aliphatic carbocycles. The van der Waals surface area contributed by atoms with Gasteiger partial charge in [0.1, 0.15) is 10.6 Å². The number of sulfonamides is 1. The van der Waals surface area contributed by atoms with Crippen LogP contribution in [0.3, 0.4) is 0 Å². The minimum Gasteiger partial charge on any atom is -0.492 e. The summed E-state index contributed by atoms with van der Waals surface area (Å²) in [5.74, 6) is 0.898. The van der Waals surface area contributed by atoms with Crippen LogP contribution in [0.4, 0.5) is 0 Å². The van der Waals surface area contributed by atoms with Gasteiger partial charge in [0.25, 0.3) is 0 Å². The highest BCUT2D eigenvalue weighted by atomic mass is 32.2. The highest BCUT2D eigenvalue weighted by Crippen LogP contribution is 2.29. The summed E-state index contributed by atoms with van der Waals surface area (Å²) in [5, 5.41) is 4.19. The topological polar surface area (TPSA) is 77.3 Å². The predicted molar refractivity (Wildman–Crippen MR) is 84.7 cm³/mol. The molecule has 0 aromatic carbocycles. The molecule has 1 aliphatic rings. The number of nitrogens with zero attached hydrogens (tertiary/aromatic N) is 4. The quantitative estimate of drug-likeness (QED) is 0.818. The van der Waals surface area contributed by atoms with E-state index in [0.717, 1.165) is 0 Å². The van der Waals surface area contributed by atoms with Gasteiger partial charge in [0, 0.05) is 32.3 Å². The molecule has 0 saturated carbocycles. The molecule has 1 saturated heterocycles. The molecule has 0 spiro atoms. The Morgan fingerprint density at radius 1 is 1.35 bits per heavy atom. The Bertz CT molecular complexity index is 796. The number of ether oxygens (including phenoxy) is 1. The van der Waals surface area contributed by atoms with Crippen LogP contribution in [0.15, 0.2) is 29.4 Å². The van der Waals surface area contributed by atoms with Crippen LogP contribution in [0, 0.1) is 19.8 Å². The van der Waals surface area contributed by atoms with E-state index in [4.69, 9.17) is 4.74 Å². The molecule has 7 nitrogen and oxygen atoms in total. The molecule has 0 radical (unpaired) electrons. The van der Waals surface area contributed by atoms with Crippen LogP contribution in [0.5, 0.6) is 5.75 Å². The zero-order chi connectivity index (χ0) is 16.6. The van der Waals surface area contributed by atoms with Crippen molar-refractivity contribution in [1.29, 1.82) is 0 Å². The van der Waals surface area contributed by atoms with Gasteiger partial charge in [-0.15, -0.1) is 0 Å². The second kappa shape index (κ2) is 5.93. The van der Waals surface area contributed by atoms with E-state index in [1.165, 1.54) is 4.31 Å². The van der Waals surface area contributed by atoms with E-state index < -0.39 is 10.0 Å². The number of hydrogen-bond acceptors (Lipinski definition) is 5. The molecular weight excluding hydrogens is 316 g/mol. The molecule has 0 amide bonds. The molecule has 2 aromatic heterocycles. The lowest BCUT2D eigenvalue weighted by molar-refractivity contribution is 0.129. The van der Waals surface area contributed by atoms with Gasteiger partial charge in [-0.2, -0.15) is 9.40 Å². The van der Waals surface area contributed by atoms with Crippen molar-refractivity contribution in [3.8, 4) is 5.75 Å². The molecule has 3 heterocycles. The number of hydrogen-bond donors (Lipinski definition) is 0. The minimum atomic E-state index is -3.48. The van der Waals surface area contributed by atoms with Crippen molar-refractivity contribution >= 4 is 10.0 Å². The number of pyridine rings is 1. The largest absolute Gasteiger partial charge is 0.492 e. The van der Waals surface area contributed by atoms with Crippen molar-refractivity contribution in [2.24, 2.45) is 13.0 Å². The van der Waals surface area contributed by atoms with Crippen molar-refractivity contribution in [2.45, 2.75) is 18.7 Å². The van der Waals surface area contributed by atoms with Gasteiger partial charge in [-0.3, -0.25) is 9.67 Å². The van der Waals surface area contributed by atoms with E-state index >= 15 is 0 Å². The van der Waals surface area contributed by atoms with Gasteiger partial charge < -0.3 is 4.74 Å². The molecule has 0 bridgehead atoms. The third-order valence-electron chi connectivity index (χ3n) is 4.08. The molecule has 2 aromatic rings. The molecule has 124 valence electrons. The Morgan fingerprint density at radius 2 is 2.09 bits per heavy atom. The Morgan fingerprint density at radius 3 is 2.65 bits per heavy atom. The molecular formula is C15H20N4O3S.